The molecule has 1 heterocycles. The van der Waals surface area contributed by atoms with Crippen molar-refractivity contribution >= 4 is 6.08 Å². The van der Waals surface area contributed by atoms with E-state index in [4.69, 9.17) is 0 Å². The van der Waals surface area contributed by atoms with E-state index in [-0.39, 0.29) is 0 Å². The van der Waals surface area contributed by atoms with Crippen LogP contribution in [0.2, 0.25) is 0 Å². The van der Waals surface area contributed by atoms with E-state index in [9.17, 15) is 0 Å². The smallest absolute Gasteiger partial charge is 0.147 e. The van der Waals surface area contributed by atoms with Crippen molar-refractivity contribution < 1.29 is 0 Å². The summed E-state index contributed by atoms with van der Waals surface area (Å²) in [5, 5.41) is 4.22. The van der Waals surface area contributed by atoms with E-state index in [2.05, 4.69) is 16.7 Å². The summed E-state index contributed by atoms with van der Waals surface area (Å²) in [6, 6.07) is 7.98. The van der Waals surface area contributed by atoms with Gasteiger partial charge in [0.25, 0.3) is 0 Å². The first kappa shape index (κ1) is 8.69. The van der Waals surface area contributed by atoms with Crippen molar-refractivity contribution in [2.45, 2.75) is 6.92 Å². The maximum Gasteiger partial charge on any atom is 0.147 e. The Kier molecular flexibility index (Phi) is 2.14. The van der Waals surface area contributed by atoms with Crippen LogP contribution in [0, 0.1) is 6.92 Å². The van der Waals surface area contributed by atoms with Crippen molar-refractivity contribution in [1.29, 1.82) is 0 Å². The van der Waals surface area contributed by atoms with Crippen molar-refractivity contribution in [3.8, 4) is 5.69 Å². The molecule has 2 aromatic rings. The lowest BCUT2D eigenvalue weighted by atomic mass is 10.2. The van der Waals surface area contributed by atoms with Gasteiger partial charge < -0.3 is 0 Å². The lowest BCUT2D eigenvalue weighted by Crippen LogP contribution is -1.94. The average Bonchev–Trinajstić information content (AvgIpc) is 2.65. The van der Waals surface area contributed by atoms with E-state index in [1.165, 1.54) is 0 Å². The van der Waals surface area contributed by atoms with Gasteiger partial charge in [-0.2, -0.15) is 5.10 Å². The quantitative estimate of drug-likeness (QED) is 0.718. The van der Waals surface area contributed by atoms with E-state index in [0.717, 1.165) is 17.1 Å². The first-order chi connectivity index (χ1) is 6.79. The number of hydrogen-bond donors (Lipinski definition) is 0. The molecular weight excluding hydrogens is 174 g/mol. The number of aromatic nitrogens is 3. The Hall–Kier alpha value is -1.90. The highest BCUT2D eigenvalue weighted by atomic mass is 15.3. The molecular formula is C11H11N3. The average molecular weight is 185 g/mol. The standard InChI is InChI=1S/C11H11N3/c1-3-10-4-6-11(7-5-10)14-8-12-9(2)13-14/h3-8H,1H2,2H3. The van der Waals surface area contributed by atoms with Crippen LogP contribution >= 0.6 is 0 Å². The van der Waals surface area contributed by atoms with Crippen LogP contribution in [0.1, 0.15) is 11.4 Å². The number of rotatable bonds is 2. The molecule has 0 N–H and O–H groups in total. The molecule has 0 radical (unpaired) electrons. The molecule has 1 aromatic heterocycles. The molecule has 0 saturated carbocycles. The summed E-state index contributed by atoms with van der Waals surface area (Å²) in [7, 11) is 0. The number of nitrogens with zero attached hydrogens (tertiary/aromatic N) is 3. The number of aryl methyl sites for hydroxylation is 1. The molecule has 0 amide bonds. The summed E-state index contributed by atoms with van der Waals surface area (Å²) in [4.78, 5) is 4.07. The molecule has 0 fully saturated rings. The third-order valence-corrected chi connectivity index (χ3v) is 2.00. The van der Waals surface area contributed by atoms with E-state index in [0.29, 0.717) is 0 Å². The third-order valence-electron chi connectivity index (χ3n) is 2.00. The highest BCUT2D eigenvalue weighted by Crippen LogP contribution is 2.08. The van der Waals surface area contributed by atoms with Gasteiger partial charge in [0.05, 0.1) is 5.69 Å². The molecule has 0 aliphatic heterocycles. The molecule has 70 valence electrons. The topological polar surface area (TPSA) is 30.7 Å². The molecule has 14 heavy (non-hydrogen) atoms. The molecule has 0 saturated heterocycles. The molecule has 1 aromatic carbocycles. The molecule has 0 unspecified atom stereocenters. The fourth-order valence-corrected chi connectivity index (χ4v) is 1.23. The molecule has 2 rings (SSSR count). The minimum absolute atomic E-state index is 0.776. The van der Waals surface area contributed by atoms with E-state index < -0.39 is 0 Å². The Morgan fingerprint density at radius 1 is 1.29 bits per heavy atom. The minimum atomic E-state index is 0.776. The largest absolute Gasteiger partial charge is 0.221 e. The van der Waals surface area contributed by atoms with Gasteiger partial charge in [0.2, 0.25) is 0 Å². The summed E-state index contributed by atoms with van der Waals surface area (Å²) in [6.45, 7) is 5.57. The highest BCUT2D eigenvalue weighted by molar-refractivity contribution is 5.49. The van der Waals surface area contributed by atoms with Crippen LogP contribution in [0.15, 0.2) is 37.2 Å². The summed E-state index contributed by atoms with van der Waals surface area (Å²) in [5.74, 6) is 0.776. The van der Waals surface area contributed by atoms with E-state index in [1.54, 1.807) is 11.0 Å². The van der Waals surface area contributed by atoms with Crippen molar-refractivity contribution in [1.82, 2.24) is 14.8 Å². The van der Waals surface area contributed by atoms with Gasteiger partial charge in [-0.1, -0.05) is 24.8 Å². The fraction of sp³-hybridized carbons (Fsp3) is 0.0909. The van der Waals surface area contributed by atoms with Gasteiger partial charge in [-0.15, -0.1) is 0 Å². The maximum absolute atomic E-state index is 4.22. The van der Waals surface area contributed by atoms with Gasteiger partial charge in [-0.05, 0) is 24.6 Å². The second-order valence-corrected chi connectivity index (χ2v) is 3.03. The summed E-state index contributed by atoms with van der Waals surface area (Å²) in [5.41, 5.74) is 2.11. The molecule has 0 aliphatic carbocycles. The van der Waals surface area contributed by atoms with Gasteiger partial charge in [0, 0.05) is 0 Å². The van der Waals surface area contributed by atoms with E-state index >= 15 is 0 Å². The lowest BCUT2D eigenvalue weighted by molar-refractivity contribution is 0.862. The lowest BCUT2D eigenvalue weighted by Gasteiger charge is -1.99. The molecule has 3 nitrogen and oxygen atoms in total. The summed E-state index contributed by atoms with van der Waals surface area (Å²) in [6.07, 6.45) is 3.52. The Balaban J connectivity index is 2.38. The Morgan fingerprint density at radius 2 is 2.00 bits per heavy atom. The Bertz CT molecular complexity index is 440. The van der Waals surface area contributed by atoms with Crippen molar-refractivity contribution in [2.24, 2.45) is 0 Å². The zero-order chi connectivity index (χ0) is 9.97. The molecule has 3 heteroatoms. The van der Waals surface area contributed by atoms with Crippen molar-refractivity contribution in [3.63, 3.8) is 0 Å². The van der Waals surface area contributed by atoms with Crippen LogP contribution in [0.5, 0.6) is 0 Å². The molecule has 0 bridgehead atoms. The van der Waals surface area contributed by atoms with Crippen molar-refractivity contribution in [3.05, 3.63) is 48.6 Å². The van der Waals surface area contributed by atoms with Gasteiger partial charge in [0.15, 0.2) is 0 Å². The number of hydrogen-bond acceptors (Lipinski definition) is 2. The van der Waals surface area contributed by atoms with Gasteiger partial charge in [-0.3, -0.25) is 0 Å². The SMILES string of the molecule is C=Cc1ccc(-n2cnc(C)n2)cc1. The van der Waals surface area contributed by atoms with E-state index in [1.807, 2.05) is 37.3 Å². The van der Waals surface area contributed by atoms with Crippen LogP contribution in [0.4, 0.5) is 0 Å². The van der Waals surface area contributed by atoms with Crippen LogP contribution in [0.25, 0.3) is 11.8 Å². The zero-order valence-electron chi connectivity index (χ0n) is 8.01. The number of benzene rings is 1. The second-order valence-electron chi connectivity index (χ2n) is 3.03. The van der Waals surface area contributed by atoms with Crippen LogP contribution < -0.4 is 0 Å². The first-order valence-electron chi connectivity index (χ1n) is 4.41. The molecule has 0 atom stereocenters. The van der Waals surface area contributed by atoms with Gasteiger partial charge in [0.1, 0.15) is 12.2 Å². The predicted molar refractivity (Wildman–Crippen MR) is 56.2 cm³/mol. The fourth-order valence-electron chi connectivity index (χ4n) is 1.23. The minimum Gasteiger partial charge on any atom is -0.221 e. The maximum atomic E-state index is 4.22. The van der Waals surface area contributed by atoms with Crippen LogP contribution in [0.3, 0.4) is 0 Å². The van der Waals surface area contributed by atoms with Crippen LogP contribution in [-0.2, 0) is 0 Å². The zero-order valence-corrected chi connectivity index (χ0v) is 8.01. The summed E-state index contributed by atoms with van der Waals surface area (Å²) < 4.78 is 1.75. The molecule has 0 aliphatic rings. The predicted octanol–water partition coefficient (Wildman–Crippen LogP) is 2.22. The highest BCUT2D eigenvalue weighted by Gasteiger charge is 1.97. The van der Waals surface area contributed by atoms with Crippen molar-refractivity contribution in [2.75, 3.05) is 0 Å². The summed E-state index contributed by atoms with van der Waals surface area (Å²) >= 11 is 0. The Labute approximate surface area is 82.7 Å². The normalized spacial score (nSPS) is 10.1. The Morgan fingerprint density at radius 3 is 2.50 bits per heavy atom. The van der Waals surface area contributed by atoms with Gasteiger partial charge >= 0.3 is 0 Å². The van der Waals surface area contributed by atoms with Gasteiger partial charge in [-0.25, -0.2) is 9.67 Å². The second kappa shape index (κ2) is 3.46. The first-order valence-corrected chi connectivity index (χ1v) is 4.41. The van der Waals surface area contributed by atoms with Crippen LogP contribution in [-0.4, -0.2) is 14.8 Å². The monoisotopic (exact) mass is 185 g/mol. The third kappa shape index (κ3) is 1.57. The molecule has 0 spiro atoms.